The Morgan fingerprint density at radius 3 is 2.22 bits per heavy atom. The van der Waals surface area contributed by atoms with Crippen molar-refractivity contribution in [1.29, 1.82) is 0 Å². The summed E-state index contributed by atoms with van der Waals surface area (Å²) in [6.45, 7) is 1.95. The molecule has 120 valence electrons. The van der Waals surface area contributed by atoms with Gasteiger partial charge in [-0.2, -0.15) is 0 Å². The van der Waals surface area contributed by atoms with E-state index in [1.54, 1.807) is 0 Å². The number of hydrogen-bond donors (Lipinski definition) is 2. The zero-order valence-corrected chi connectivity index (χ0v) is 12.9. The largest absolute Gasteiger partial charge is 0.273 e. The fourth-order valence-corrected chi connectivity index (χ4v) is 2.20. The highest BCUT2D eigenvalue weighted by Crippen LogP contribution is 2.17. The summed E-state index contributed by atoms with van der Waals surface area (Å²) < 4.78 is 12.8. The molecule has 0 heterocycles. The Kier molecular flexibility index (Phi) is 5.86. The van der Waals surface area contributed by atoms with Crippen LogP contribution in [0.2, 0.25) is 0 Å². The number of halogens is 1. The summed E-state index contributed by atoms with van der Waals surface area (Å²) in [5.74, 6) is -0.895. The molecule has 5 heteroatoms. The third kappa shape index (κ3) is 5.54. The Labute approximate surface area is 134 Å². The van der Waals surface area contributed by atoms with E-state index < -0.39 is 0 Å². The van der Waals surface area contributed by atoms with E-state index in [4.69, 9.17) is 0 Å². The summed E-state index contributed by atoms with van der Waals surface area (Å²) in [5.41, 5.74) is 6.52. The predicted molar refractivity (Wildman–Crippen MR) is 85.9 cm³/mol. The van der Waals surface area contributed by atoms with E-state index in [0.29, 0.717) is 5.56 Å². The van der Waals surface area contributed by atoms with Gasteiger partial charge in [-0.1, -0.05) is 49.4 Å². The molecule has 0 spiro atoms. The second-order valence-electron chi connectivity index (χ2n) is 5.42. The first kappa shape index (κ1) is 16.7. The number of amides is 2. The molecule has 0 aliphatic carbocycles. The Bertz CT molecular complexity index is 656. The maximum atomic E-state index is 12.8. The van der Waals surface area contributed by atoms with Crippen LogP contribution in [0.15, 0.2) is 54.6 Å². The van der Waals surface area contributed by atoms with E-state index in [1.165, 1.54) is 24.3 Å². The standard InChI is InChI=1S/C18H19FN2O2/c1-13(15-5-3-2-4-6-15)11-17(22)20-21-18(23)12-14-7-9-16(19)10-8-14/h2-10,13H,11-12H2,1H3,(H,20,22)(H,21,23). The molecule has 23 heavy (non-hydrogen) atoms. The number of nitrogens with one attached hydrogen (secondary N) is 2. The molecule has 0 saturated heterocycles. The molecule has 0 radical (unpaired) electrons. The monoisotopic (exact) mass is 314 g/mol. The minimum atomic E-state index is -0.350. The minimum Gasteiger partial charge on any atom is -0.273 e. The second-order valence-corrected chi connectivity index (χ2v) is 5.42. The van der Waals surface area contributed by atoms with Crippen molar-refractivity contribution in [1.82, 2.24) is 10.9 Å². The van der Waals surface area contributed by atoms with Crippen molar-refractivity contribution in [2.45, 2.75) is 25.7 Å². The van der Waals surface area contributed by atoms with Gasteiger partial charge < -0.3 is 0 Å². The first-order valence-corrected chi connectivity index (χ1v) is 7.41. The van der Waals surface area contributed by atoms with Gasteiger partial charge in [0.05, 0.1) is 6.42 Å². The Hall–Kier alpha value is -2.69. The quantitative estimate of drug-likeness (QED) is 0.834. The molecule has 2 rings (SSSR count). The lowest BCUT2D eigenvalue weighted by atomic mass is 9.98. The van der Waals surface area contributed by atoms with Crippen LogP contribution in [0.5, 0.6) is 0 Å². The van der Waals surface area contributed by atoms with Crippen LogP contribution < -0.4 is 10.9 Å². The summed E-state index contributed by atoms with van der Waals surface area (Å²) in [6, 6.07) is 15.4. The Balaban J connectivity index is 1.75. The molecular formula is C18H19FN2O2. The lowest BCUT2D eigenvalue weighted by Gasteiger charge is -2.12. The van der Waals surface area contributed by atoms with Crippen molar-refractivity contribution in [2.24, 2.45) is 0 Å². The van der Waals surface area contributed by atoms with Gasteiger partial charge in [0, 0.05) is 6.42 Å². The minimum absolute atomic E-state index is 0.0604. The van der Waals surface area contributed by atoms with Crippen molar-refractivity contribution < 1.29 is 14.0 Å². The van der Waals surface area contributed by atoms with E-state index in [2.05, 4.69) is 10.9 Å². The van der Waals surface area contributed by atoms with Crippen molar-refractivity contribution in [2.75, 3.05) is 0 Å². The molecule has 0 aliphatic rings. The molecular weight excluding hydrogens is 295 g/mol. The summed E-state index contributed by atoms with van der Waals surface area (Å²) in [4.78, 5) is 23.6. The molecule has 2 N–H and O–H groups in total. The lowest BCUT2D eigenvalue weighted by Crippen LogP contribution is -2.42. The van der Waals surface area contributed by atoms with Crippen LogP contribution >= 0.6 is 0 Å². The fourth-order valence-electron chi connectivity index (χ4n) is 2.20. The molecule has 0 saturated carbocycles. The number of rotatable bonds is 5. The normalized spacial score (nSPS) is 11.6. The van der Waals surface area contributed by atoms with Crippen LogP contribution in [0.1, 0.15) is 30.4 Å². The van der Waals surface area contributed by atoms with Gasteiger partial charge in [-0.15, -0.1) is 0 Å². The highest BCUT2D eigenvalue weighted by molar-refractivity contribution is 5.83. The molecule has 0 aromatic heterocycles. The van der Waals surface area contributed by atoms with Crippen LogP contribution in [0.25, 0.3) is 0 Å². The van der Waals surface area contributed by atoms with Crippen LogP contribution in [-0.2, 0) is 16.0 Å². The average molecular weight is 314 g/mol. The molecule has 4 nitrogen and oxygen atoms in total. The molecule has 0 aliphatic heterocycles. The van der Waals surface area contributed by atoms with Crippen LogP contribution in [-0.4, -0.2) is 11.8 Å². The smallest absolute Gasteiger partial charge is 0.242 e. The van der Waals surface area contributed by atoms with Gasteiger partial charge in [-0.3, -0.25) is 20.4 Å². The van der Waals surface area contributed by atoms with Gasteiger partial charge in [-0.05, 0) is 29.2 Å². The maximum absolute atomic E-state index is 12.8. The number of hydrogen-bond acceptors (Lipinski definition) is 2. The third-order valence-corrected chi connectivity index (χ3v) is 3.48. The Morgan fingerprint density at radius 1 is 0.957 bits per heavy atom. The van der Waals surface area contributed by atoms with Crippen LogP contribution in [0.3, 0.4) is 0 Å². The molecule has 0 fully saturated rings. The number of hydrazine groups is 1. The van der Waals surface area contributed by atoms with E-state index in [0.717, 1.165) is 5.56 Å². The topological polar surface area (TPSA) is 58.2 Å². The van der Waals surface area contributed by atoms with E-state index >= 15 is 0 Å². The predicted octanol–water partition coefficient (Wildman–Crippen LogP) is 2.71. The zero-order valence-electron chi connectivity index (χ0n) is 12.9. The molecule has 2 aromatic carbocycles. The van der Waals surface area contributed by atoms with Gasteiger partial charge in [0.25, 0.3) is 0 Å². The molecule has 2 amide bonds. The summed E-state index contributed by atoms with van der Waals surface area (Å²) in [6.07, 6.45) is 0.357. The molecule has 1 atom stereocenters. The first-order valence-electron chi connectivity index (χ1n) is 7.41. The fraction of sp³-hybridized carbons (Fsp3) is 0.222. The van der Waals surface area contributed by atoms with Crippen LogP contribution in [0, 0.1) is 5.82 Å². The Morgan fingerprint density at radius 2 is 1.57 bits per heavy atom. The number of carbonyl (C=O) groups excluding carboxylic acids is 2. The SMILES string of the molecule is CC(CC(=O)NNC(=O)Cc1ccc(F)cc1)c1ccccc1. The van der Waals surface area contributed by atoms with Gasteiger partial charge in [0.15, 0.2) is 0 Å². The number of benzene rings is 2. The van der Waals surface area contributed by atoms with Crippen molar-refractivity contribution in [3.63, 3.8) is 0 Å². The highest BCUT2D eigenvalue weighted by atomic mass is 19.1. The molecule has 0 bridgehead atoms. The van der Waals surface area contributed by atoms with Gasteiger partial charge in [-0.25, -0.2) is 4.39 Å². The maximum Gasteiger partial charge on any atom is 0.242 e. The second kappa shape index (κ2) is 8.08. The first-order chi connectivity index (χ1) is 11.0. The van der Waals surface area contributed by atoms with E-state index in [-0.39, 0.29) is 36.4 Å². The van der Waals surface area contributed by atoms with Gasteiger partial charge in [0.2, 0.25) is 11.8 Å². The average Bonchev–Trinajstić information content (AvgIpc) is 2.56. The molecule has 2 aromatic rings. The van der Waals surface area contributed by atoms with Crippen LogP contribution in [0.4, 0.5) is 4.39 Å². The zero-order chi connectivity index (χ0) is 16.7. The third-order valence-electron chi connectivity index (χ3n) is 3.48. The summed E-state index contributed by atoms with van der Waals surface area (Å²) in [7, 11) is 0. The van der Waals surface area contributed by atoms with Crippen molar-refractivity contribution in [3.05, 3.63) is 71.5 Å². The van der Waals surface area contributed by atoms with Crippen molar-refractivity contribution >= 4 is 11.8 Å². The highest BCUT2D eigenvalue weighted by Gasteiger charge is 2.12. The number of carbonyl (C=O) groups is 2. The van der Waals surface area contributed by atoms with Crippen molar-refractivity contribution in [3.8, 4) is 0 Å². The summed E-state index contributed by atoms with van der Waals surface area (Å²) >= 11 is 0. The van der Waals surface area contributed by atoms with Gasteiger partial charge in [0.1, 0.15) is 5.82 Å². The van der Waals surface area contributed by atoms with E-state index in [1.807, 2.05) is 37.3 Å². The van der Waals surface area contributed by atoms with E-state index in [9.17, 15) is 14.0 Å². The van der Waals surface area contributed by atoms with Gasteiger partial charge >= 0.3 is 0 Å². The lowest BCUT2D eigenvalue weighted by molar-refractivity contribution is -0.128. The summed E-state index contributed by atoms with van der Waals surface area (Å²) in [5, 5.41) is 0. The molecule has 1 unspecified atom stereocenters.